The van der Waals surface area contributed by atoms with Crippen LogP contribution in [0.1, 0.15) is 5.56 Å². The first kappa shape index (κ1) is 20.4. The summed E-state index contributed by atoms with van der Waals surface area (Å²) >= 11 is 0. The summed E-state index contributed by atoms with van der Waals surface area (Å²) < 4.78 is 31.5. The van der Waals surface area contributed by atoms with Gasteiger partial charge in [-0.1, -0.05) is 6.07 Å². The van der Waals surface area contributed by atoms with E-state index in [0.29, 0.717) is 22.2 Å². The number of hydrogen-bond acceptors (Lipinski definition) is 5. The molecule has 5 rings (SSSR count). The van der Waals surface area contributed by atoms with Gasteiger partial charge in [0.2, 0.25) is 5.91 Å². The zero-order chi connectivity index (χ0) is 22.9. The minimum absolute atomic E-state index is 0.0167. The van der Waals surface area contributed by atoms with E-state index in [-0.39, 0.29) is 23.4 Å². The molecular formula is C23H17F2N7O. The summed E-state index contributed by atoms with van der Waals surface area (Å²) in [6.07, 6.45) is 8.11. The van der Waals surface area contributed by atoms with Crippen molar-refractivity contribution in [2.45, 2.75) is 6.42 Å². The molecular weight excluding hydrogens is 428 g/mol. The number of pyridine rings is 2. The first-order valence-corrected chi connectivity index (χ1v) is 9.99. The quantitative estimate of drug-likeness (QED) is 0.428. The molecule has 0 atom stereocenters. The minimum atomic E-state index is -0.843. The first-order valence-electron chi connectivity index (χ1n) is 9.99. The SMILES string of the molecule is Cn1cc(-c2n[nH]c3cnc(-c4c(F)cc(NC(=O)Cc5cccnc5)cc4F)cc23)cn1. The van der Waals surface area contributed by atoms with E-state index in [9.17, 15) is 13.6 Å². The van der Waals surface area contributed by atoms with Gasteiger partial charge in [0.25, 0.3) is 0 Å². The van der Waals surface area contributed by atoms with Crippen LogP contribution in [0.3, 0.4) is 0 Å². The van der Waals surface area contributed by atoms with Crippen molar-refractivity contribution in [3.63, 3.8) is 0 Å². The number of H-pyrrole nitrogens is 1. The number of halogens is 2. The molecule has 4 aromatic heterocycles. The van der Waals surface area contributed by atoms with E-state index in [1.54, 1.807) is 54.7 Å². The zero-order valence-electron chi connectivity index (χ0n) is 17.4. The van der Waals surface area contributed by atoms with Gasteiger partial charge in [-0.2, -0.15) is 10.2 Å². The van der Waals surface area contributed by atoms with Crippen molar-refractivity contribution in [1.29, 1.82) is 0 Å². The highest BCUT2D eigenvalue weighted by molar-refractivity contribution is 5.95. The molecule has 5 aromatic rings. The van der Waals surface area contributed by atoms with Gasteiger partial charge in [-0.3, -0.25) is 24.5 Å². The molecule has 0 saturated heterocycles. The molecule has 2 N–H and O–H groups in total. The Morgan fingerprint density at radius 1 is 1.15 bits per heavy atom. The third-order valence-corrected chi connectivity index (χ3v) is 5.10. The molecule has 4 heterocycles. The molecule has 0 unspecified atom stereocenters. The lowest BCUT2D eigenvalue weighted by Gasteiger charge is -2.10. The summed E-state index contributed by atoms with van der Waals surface area (Å²) in [6.45, 7) is 0. The molecule has 0 radical (unpaired) electrons. The van der Waals surface area contributed by atoms with Crippen molar-refractivity contribution in [3.05, 3.63) is 78.5 Å². The summed E-state index contributed by atoms with van der Waals surface area (Å²) in [5.74, 6) is -2.09. The molecule has 164 valence electrons. The molecule has 0 fully saturated rings. The largest absolute Gasteiger partial charge is 0.326 e. The number of carbonyl (C=O) groups excluding carboxylic acids is 1. The van der Waals surface area contributed by atoms with Gasteiger partial charge in [0.1, 0.15) is 17.3 Å². The van der Waals surface area contributed by atoms with Crippen LogP contribution in [-0.2, 0) is 18.3 Å². The smallest absolute Gasteiger partial charge is 0.228 e. The number of anilines is 1. The van der Waals surface area contributed by atoms with Crippen molar-refractivity contribution in [2.24, 2.45) is 7.05 Å². The predicted molar refractivity (Wildman–Crippen MR) is 118 cm³/mol. The Bertz CT molecular complexity index is 1450. The Hall–Kier alpha value is -4.47. The zero-order valence-corrected chi connectivity index (χ0v) is 17.4. The Morgan fingerprint density at radius 3 is 2.67 bits per heavy atom. The van der Waals surface area contributed by atoms with E-state index in [1.165, 1.54) is 6.20 Å². The number of carbonyl (C=O) groups is 1. The topological polar surface area (TPSA) is 101 Å². The molecule has 0 saturated carbocycles. The van der Waals surface area contributed by atoms with E-state index in [1.807, 2.05) is 0 Å². The van der Waals surface area contributed by atoms with Gasteiger partial charge in [-0.05, 0) is 29.8 Å². The summed E-state index contributed by atoms with van der Waals surface area (Å²) in [7, 11) is 1.78. The number of benzene rings is 1. The highest BCUT2D eigenvalue weighted by Crippen LogP contribution is 2.32. The van der Waals surface area contributed by atoms with E-state index >= 15 is 0 Å². The maximum absolute atomic E-state index is 14.9. The first-order chi connectivity index (χ1) is 16.0. The fraction of sp³-hybridized carbons (Fsp3) is 0.0870. The molecule has 8 nitrogen and oxygen atoms in total. The van der Waals surface area contributed by atoms with Crippen molar-refractivity contribution < 1.29 is 13.6 Å². The fourth-order valence-electron chi connectivity index (χ4n) is 3.60. The third kappa shape index (κ3) is 4.05. The van der Waals surface area contributed by atoms with Crippen LogP contribution < -0.4 is 5.32 Å². The summed E-state index contributed by atoms with van der Waals surface area (Å²) in [4.78, 5) is 20.4. The lowest BCUT2D eigenvalue weighted by molar-refractivity contribution is -0.115. The van der Waals surface area contributed by atoms with Gasteiger partial charge in [0, 0.05) is 42.3 Å². The monoisotopic (exact) mass is 445 g/mol. The fourth-order valence-corrected chi connectivity index (χ4v) is 3.60. The van der Waals surface area contributed by atoms with E-state index in [0.717, 1.165) is 17.7 Å². The Balaban J connectivity index is 1.45. The molecule has 33 heavy (non-hydrogen) atoms. The number of aryl methyl sites for hydroxylation is 1. The molecule has 0 spiro atoms. The minimum Gasteiger partial charge on any atom is -0.326 e. The number of nitrogens with one attached hydrogen (secondary N) is 2. The highest BCUT2D eigenvalue weighted by atomic mass is 19.1. The number of rotatable bonds is 5. The maximum atomic E-state index is 14.9. The van der Waals surface area contributed by atoms with Crippen LogP contribution in [0, 0.1) is 11.6 Å². The normalized spacial score (nSPS) is 11.1. The molecule has 10 heteroatoms. The van der Waals surface area contributed by atoms with E-state index in [4.69, 9.17) is 0 Å². The average Bonchev–Trinajstić information content (AvgIpc) is 3.39. The highest BCUT2D eigenvalue weighted by Gasteiger charge is 2.18. The van der Waals surface area contributed by atoms with Crippen LogP contribution >= 0.6 is 0 Å². The summed E-state index contributed by atoms with van der Waals surface area (Å²) in [6, 6.07) is 7.17. The van der Waals surface area contributed by atoms with Crippen LogP contribution in [0.15, 0.2) is 61.3 Å². The predicted octanol–water partition coefficient (Wildman–Crippen LogP) is 3.88. The Labute approximate surface area is 186 Å². The molecule has 0 bridgehead atoms. The number of amides is 1. The van der Waals surface area contributed by atoms with Gasteiger partial charge >= 0.3 is 0 Å². The number of aromatic amines is 1. The maximum Gasteiger partial charge on any atom is 0.228 e. The van der Waals surface area contributed by atoms with Crippen molar-refractivity contribution in [1.82, 2.24) is 29.9 Å². The second kappa shape index (κ2) is 8.23. The second-order valence-electron chi connectivity index (χ2n) is 7.49. The van der Waals surface area contributed by atoms with Gasteiger partial charge in [-0.25, -0.2) is 8.78 Å². The second-order valence-corrected chi connectivity index (χ2v) is 7.49. The van der Waals surface area contributed by atoms with Gasteiger partial charge < -0.3 is 5.32 Å². The van der Waals surface area contributed by atoms with Crippen LogP contribution in [0.2, 0.25) is 0 Å². The summed E-state index contributed by atoms with van der Waals surface area (Å²) in [5.41, 5.74) is 2.50. The summed E-state index contributed by atoms with van der Waals surface area (Å²) in [5, 5.41) is 14.5. The van der Waals surface area contributed by atoms with Gasteiger partial charge in [-0.15, -0.1) is 0 Å². The molecule has 0 aliphatic carbocycles. The van der Waals surface area contributed by atoms with Gasteiger partial charge in [0.15, 0.2) is 0 Å². The molecule has 1 amide bonds. The number of aromatic nitrogens is 6. The van der Waals surface area contributed by atoms with E-state index in [2.05, 4.69) is 30.6 Å². The number of hydrogen-bond donors (Lipinski definition) is 2. The molecule has 1 aromatic carbocycles. The molecule has 0 aliphatic rings. The van der Waals surface area contributed by atoms with Crippen molar-refractivity contribution in [2.75, 3.05) is 5.32 Å². The van der Waals surface area contributed by atoms with Crippen LogP contribution in [-0.4, -0.2) is 35.9 Å². The van der Waals surface area contributed by atoms with Crippen molar-refractivity contribution in [3.8, 4) is 22.5 Å². The number of fused-ring (bicyclic) bond motifs is 1. The lowest BCUT2D eigenvalue weighted by Crippen LogP contribution is -2.15. The standard InChI is InChI=1S/C23H17F2N7O/c1-32-12-14(10-28-32)23-16-8-19(27-11-20(16)30-31-23)22-17(24)6-15(7-18(22)25)29-21(33)5-13-3-2-4-26-9-13/h2-4,6-12H,5H2,1H3,(H,29,33)(H,30,31). The van der Waals surface area contributed by atoms with Crippen molar-refractivity contribution >= 4 is 22.5 Å². The van der Waals surface area contributed by atoms with Crippen LogP contribution in [0.25, 0.3) is 33.4 Å². The van der Waals surface area contributed by atoms with Crippen LogP contribution in [0.4, 0.5) is 14.5 Å². The van der Waals surface area contributed by atoms with Gasteiger partial charge in [0.05, 0.1) is 35.6 Å². The molecule has 0 aliphatic heterocycles. The lowest BCUT2D eigenvalue weighted by atomic mass is 10.1. The Kier molecular flexibility index (Phi) is 5.09. The number of nitrogens with zero attached hydrogens (tertiary/aromatic N) is 5. The Morgan fingerprint density at radius 2 is 1.97 bits per heavy atom. The van der Waals surface area contributed by atoms with E-state index < -0.39 is 17.5 Å². The van der Waals surface area contributed by atoms with Crippen LogP contribution in [0.5, 0.6) is 0 Å². The average molecular weight is 445 g/mol. The third-order valence-electron chi connectivity index (χ3n) is 5.10.